The highest BCUT2D eigenvalue weighted by atomic mass is 16.5. The summed E-state index contributed by atoms with van der Waals surface area (Å²) in [4.78, 5) is 36.5. The molecule has 2 heterocycles. The maximum atomic E-state index is 11.9. The molecular weight excluding hydrogens is 266 g/mol. The number of rotatable bonds is 2. The molecule has 2 rings (SSSR count). The summed E-state index contributed by atoms with van der Waals surface area (Å²) in [6.45, 7) is 0. The molecule has 7 nitrogen and oxygen atoms in total. The van der Waals surface area contributed by atoms with Gasteiger partial charge >= 0.3 is 18.0 Å². The van der Waals surface area contributed by atoms with Gasteiger partial charge in [-0.05, 0) is 5.57 Å². The molecule has 20 heavy (non-hydrogen) atoms. The molecule has 0 aromatic rings. The van der Waals surface area contributed by atoms with Crippen LogP contribution < -0.4 is 0 Å². The number of nitrogens with zero attached hydrogens (tertiary/aromatic N) is 1. The van der Waals surface area contributed by atoms with E-state index in [1.165, 1.54) is 32.3 Å². The van der Waals surface area contributed by atoms with Gasteiger partial charge in [0, 0.05) is 6.08 Å². The Morgan fingerprint density at radius 2 is 1.80 bits per heavy atom. The molecule has 7 heteroatoms. The van der Waals surface area contributed by atoms with Crippen molar-refractivity contribution in [2.24, 2.45) is 5.92 Å². The van der Waals surface area contributed by atoms with Crippen molar-refractivity contribution in [2.75, 3.05) is 21.3 Å². The Kier molecular flexibility index (Phi) is 3.78. The molecule has 0 saturated carbocycles. The van der Waals surface area contributed by atoms with Gasteiger partial charge in [0.25, 0.3) is 0 Å². The fourth-order valence-electron chi connectivity index (χ4n) is 2.63. The molecule has 108 valence electrons. The number of carbonyl (C=O) groups is 3. The van der Waals surface area contributed by atoms with E-state index in [1.807, 2.05) is 0 Å². The quantitative estimate of drug-likeness (QED) is 0.312. The van der Waals surface area contributed by atoms with Crippen LogP contribution >= 0.6 is 0 Å². The Hall–Kier alpha value is -2.31. The van der Waals surface area contributed by atoms with Crippen LogP contribution in [0.3, 0.4) is 0 Å². The van der Waals surface area contributed by atoms with Crippen LogP contribution in [0.5, 0.6) is 0 Å². The fraction of sp³-hybridized carbons (Fsp3) is 0.462. The molecule has 3 atom stereocenters. The van der Waals surface area contributed by atoms with Crippen LogP contribution in [0.15, 0.2) is 23.8 Å². The van der Waals surface area contributed by atoms with Crippen LogP contribution in [-0.4, -0.2) is 56.3 Å². The van der Waals surface area contributed by atoms with Gasteiger partial charge in [-0.15, -0.1) is 0 Å². The molecule has 0 spiro atoms. The fourth-order valence-corrected chi connectivity index (χ4v) is 2.63. The average Bonchev–Trinajstić information content (AvgIpc) is 3.01. The molecule has 1 fully saturated rings. The smallest absolute Gasteiger partial charge is 0.410 e. The highest BCUT2D eigenvalue weighted by Crippen LogP contribution is 2.42. The Labute approximate surface area is 115 Å². The number of fused-ring (bicyclic) bond motifs is 2. The zero-order valence-electron chi connectivity index (χ0n) is 11.4. The monoisotopic (exact) mass is 281 g/mol. The van der Waals surface area contributed by atoms with E-state index in [1.54, 1.807) is 12.2 Å². The van der Waals surface area contributed by atoms with Crippen molar-refractivity contribution < 1.29 is 28.6 Å². The second kappa shape index (κ2) is 5.36. The molecule has 2 aliphatic rings. The minimum Gasteiger partial charge on any atom is -0.468 e. The number of amides is 1. The van der Waals surface area contributed by atoms with E-state index in [0.29, 0.717) is 5.57 Å². The van der Waals surface area contributed by atoms with Crippen molar-refractivity contribution in [1.82, 2.24) is 4.90 Å². The summed E-state index contributed by atoms with van der Waals surface area (Å²) in [5.74, 6) is -1.81. The Morgan fingerprint density at radius 1 is 1.10 bits per heavy atom. The number of ether oxygens (including phenoxy) is 3. The molecule has 2 bridgehead atoms. The van der Waals surface area contributed by atoms with Gasteiger partial charge in [-0.1, -0.05) is 12.2 Å². The molecule has 0 unspecified atom stereocenters. The summed E-state index contributed by atoms with van der Waals surface area (Å²) >= 11 is 0. The van der Waals surface area contributed by atoms with Gasteiger partial charge < -0.3 is 14.2 Å². The number of hydrogen-bond acceptors (Lipinski definition) is 6. The summed E-state index contributed by atoms with van der Waals surface area (Å²) < 4.78 is 14.0. The normalized spacial score (nSPS) is 28.6. The molecule has 2 aliphatic heterocycles. The minimum absolute atomic E-state index is 0.474. The second-order valence-corrected chi connectivity index (χ2v) is 4.37. The van der Waals surface area contributed by atoms with Crippen LogP contribution in [0.25, 0.3) is 0 Å². The molecule has 0 aliphatic carbocycles. The van der Waals surface area contributed by atoms with Crippen molar-refractivity contribution in [3.05, 3.63) is 23.8 Å². The summed E-state index contributed by atoms with van der Waals surface area (Å²) in [6, 6.07) is -0.994. The highest BCUT2D eigenvalue weighted by Gasteiger charge is 2.53. The third-order valence-electron chi connectivity index (χ3n) is 3.48. The van der Waals surface area contributed by atoms with E-state index in [9.17, 15) is 14.4 Å². The van der Waals surface area contributed by atoms with Crippen molar-refractivity contribution in [2.45, 2.75) is 12.1 Å². The molecule has 0 radical (unpaired) electrons. The van der Waals surface area contributed by atoms with E-state index in [-0.39, 0.29) is 0 Å². The van der Waals surface area contributed by atoms with Gasteiger partial charge in [0.2, 0.25) is 0 Å². The van der Waals surface area contributed by atoms with Crippen LogP contribution in [0.4, 0.5) is 4.79 Å². The number of esters is 2. The Bertz CT molecular complexity index is 509. The number of hydrogen-bond donors (Lipinski definition) is 0. The van der Waals surface area contributed by atoms with E-state index < -0.39 is 36.0 Å². The predicted octanol–water partition coefficient (Wildman–Crippen LogP) is 0.264. The largest absolute Gasteiger partial charge is 0.468 e. The molecular formula is C13H15NO6. The third kappa shape index (κ3) is 2.04. The molecule has 0 aromatic heterocycles. The van der Waals surface area contributed by atoms with E-state index in [2.05, 4.69) is 4.74 Å². The van der Waals surface area contributed by atoms with Crippen LogP contribution in [0.1, 0.15) is 0 Å². The maximum Gasteiger partial charge on any atom is 0.410 e. The Morgan fingerprint density at radius 3 is 2.35 bits per heavy atom. The third-order valence-corrected chi connectivity index (χ3v) is 3.48. The van der Waals surface area contributed by atoms with Crippen molar-refractivity contribution in [3.63, 3.8) is 0 Å². The molecule has 1 saturated heterocycles. The van der Waals surface area contributed by atoms with Crippen LogP contribution in [0, 0.1) is 5.92 Å². The van der Waals surface area contributed by atoms with Gasteiger partial charge in [-0.2, -0.15) is 0 Å². The topological polar surface area (TPSA) is 82.1 Å². The predicted molar refractivity (Wildman–Crippen MR) is 66.6 cm³/mol. The average molecular weight is 281 g/mol. The van der Waals surface area contributed by atoms with Gasteiger partial charge in [-0.25, -0.2) is 9.59 Å². The van der Waals surface area contributed by atoms with E-state index >= 15 is 0 Å². The van der Waals surface area contributed by atoms with Gasteiger partial charge in [0.05, 0.1) is 33.4 Å². The lowest BCUT2D eigenvalue weighted by atomic mass is 9.88. The number of carbonyl (C=O) groups excluding carboxylic acids is 3. The van der Waals surface area contributed by atoms with Crippen LogP contribution in [-0.2, 0) is 23.8 Å². The first-order chi connectivity index (χ1) is 9.54. The zero-order valence-corrected chi connectivity index (χ0v) is 11.4. The summed E-state index contributed by atoms with van der Waals surface area (Å²) in [5.41, 5.74) is 0.474. The van der Waals surface area contributed by atoms with Crippen LogP contribution in [0.2, 0.25) is 0 Å². The SMILES string of the molecule is COC(=O)/C=C1/[C@@H](C(=O)OC)[C@@H]2C=C[C@H]1N2C(=O)OC. The molecule has 0 N–H and O–H groups in total. The number of methoxy groups -OCH3 is 3. The minimum atomic E-state index is -0.715. The van der Waals surface area contributed by atoms with Gasteiger partial charge in [0.15, 0.2) is 0 Å². The van der Waals surface area contributed by atoms with Crippen molar-refractivity contribution in [1.29, 1.82) is 0 Å². The lowest BCUT2D eigenvalue weighted by Gasteiger charge is -2.20. The van der Waals surface area contributed by atoms with Gasteiger partial charge in [0.1, 0.15) is 5.92 Å². The lowest BCUT2D eigenvalue weighted by molar-refractivity contribution is -0.144. The first-order valence-electron chi connectivity index (χ1n) is 5.97. The lowest BCUT2D eigenvalue weighted by Crippen LogP contribution is -2.38. The summed E-state index contributed by atoms with van der Waals surface area (Å²) in [5, 5.41) is 0. The maximum absolute atomic E-state index is 11.9. The first kappa shape index (κ1) is 14.1. The van der Waals surface area contributed by atoms with E-state index in [4.69, 9.17) is 9.47 Å². The second-order valence-electron chi connectivity index (χ2n) is 4.37. The highest BCUT2D eigenvalue weighted by molar-refractivity contribution is 5.89. The zero-order chi connectivity index (χ0) is 14.9. The molecule has 0 aromatic carbocycles. The van der Waals surface area contributed by atoms with Crippen molar-refractivity contribution >= 4 is 18.0 Å². The first-order valence-corrected chi connectivity index (χ1v) is 5.97. The summed E-state index contributed by atoms with van der Waals surface area (Å²) in [6.07, 6.45) is 4.14. The summed E-state index contributed by atoms with van der Waals surface area (Å²) in [7, 11) is 3.76. The Balaban J connectivity index is 2.41. The van der Waals surface area contributed by atoms with Gasteiger partial charge in [-0.3, -0.25) is 9.69 Å². The van der Waals surface area contributed by atoms with Crippen molar-refractivity contribution in [3.8, 4) is 0 Å². The standard InChI is InChI=1S/C13H15NO6/c1-18-10(15)6-7-8-4-5-9(11(7)12(16)19-2)14(8)13(17)20-3/h4-6,8-9,11H,1-3H3/b7-6+/t8-,9+,11-/m1/s1. The van der Waals surface area contributed by atoms with E-state index in [0.717, 1.165) is 0 Å². The molecule has 1 amide bonds.